The van der Waals surface area contributed by atoms with Crippen molar-refractivity contribution in [2.45, 2.75) is 39.2 Å². The molecule has 0 aliphatic carbocycles. The molecule has 7 heteroatoms. The molecule has 25 heavy (non-hydrogen) atoms. The first-order valence-electron chi connectivity index (χ1n) is 8.48. The minimum absolute atomic E-state index is 0.109. The molecular formula is C18H25N3O4. The Morgan fingerprint density at radius 1 is 1.12 bits per heavy atom. The normalized spacial score (nSPS) is 15.4. The third-order valence-corrected chi connectivity index (χ3v) is 4.08. The van der Waals surface area contributed by atoms with Gasteiger partial charge in [0.15, 0.2) is 0 Å². The Balaban J connectivity index is 1.66. The number of aliphatic hydroxyl groups is 1. The summed E-state index contributed by atoms with van der Waals surface area (Å²) in [5.41, 5.74) is 2.89. The van der Waals surface area contributed by atoms with E-state index in [2.05, 4.69) is 10.6 Å². The van der Waals surface area contributed by atoms with Crippen LogP contribution in [0.4, 0.5) is 4.79 Å². The zero-order valence-electron chi connectivity index (χ0n) is 14.7. The van der Waals surface area contributed by atoms with E-state index in [0.29, 0.717) is 19.5 Å². The van der Waals surface area contributed by atoms with Crippen molar-refractivity contribution in [2.24, 2.45) is 0 Å². The minimum Gasteiger partial charge on any atom is -0.387 e. The number of aliphatic hydroxyl groups excluding tert-OH is 1. The van der Waals surface area contributed by atoms with E-state index in [4.69, 9.17) is 0 Å². The molecule has 0 aromatic heterocycles. The fourth-order valence-electron chi connectivity index (χ4n) is 2.88. The lowest BCUT2D eigenvalue weighted by Gasteiger charge is -2.15. The van der Waals surface area contributed by atoms with Gasteiger partial charge in [-0.3, -0.25) is 14.5 Å². The fraction of sp³-hybridized carbons (Fsp3) is 0.500. The number of imide groups is 1. The number of aryl methyl sites for hydroxylation is 2. The molecule has 1 aromatic rings. The number of rotatable bonds is 7. The number of nitrogens with zero attached hydrogens (tertiary/aromatic N) is 1. The fourth-order valence-corrected chi connectivity index (χ4v) is 2.88. The third-order valence-electron chi connectivity index (χ3n) is 4.08. The number of amides is 4. The molecule has 0 unspecified atom stereocenters. The minimum atomic E-state index is -0.774. The van der Waals surface area contributed by atoms with E-state index in [1.54, 1.807) is 0 Å². The van der Waals surface area contributed by atoms with Gasteiger partial charge >= 0.3 is 6.03 Å². The summed E-state index contributed by atoms with van der Waals surface area (Å²) in [6, 6.07) is 5.41. The van der Waals surface area contributed by atoms with Crippen molar-refractivity contribution in [1.29, 1.82) is 0 Å². The second-order valence-corrected chi connectivity index (χ2v) is 6.37. The van der Waals surface area contributed by atoms with Crippen molar-refractivity contribution < 1.29 is 19.5 Å². The summed E-state index contributed by atoms with van der Waals surface area (Å²) in [5.74, 6) is -0.294. The predicted octanol–water partition coefficient (Wildman–Crippen LogP) is 1.18. The van der Waals surface area contributed by atoms with Crippen LogP contribution >= 0.6 is 0 Å². The van der Waals surface area contributed by atoms with Gasteiger partial charge in [0.05, 0.1) is 6.10 Å². The Hall–Kier alpha value is -2.41. The second kappa shape index (κ2) is 8.62. The number of carbonyl (C=O) groups is 3. The number of likely N-dealkylation sites (tertiary alicyclic amines) is 1. The van der Waals surface area contributed by atoms with E-state index >= 15 is 0 Å². The molecule has 0 radical (unpaired) electrons. The summed E-state index contributed by atoms with van der Waals surface area (Å²) in [5, 5.41) is 15.4. The van der Waals surface area contributed by atoms with Crippen LogP contribution in [0.25, 0.3) is 0 Å². The molecule has 2 rings (SSSR count). The summed E-state index contributed by atoms with van der Waals surface area (Å²) < 4.78 is 0. The van der Waals surface area contributed by atoms with Crippen molar-refractivity contribution in [3.8, 4) is 0 Å². The van der Waals surface area contributed by atoms with Crippen molar-refractivity contribution >= 4 is 17.8 Å². The molecule has 136 valence electrons. The van der Waals surface area contributed by atoms with Gasteiger partial charge in [0.2, 0.25) is 11.8 Å². The van der Waals surface area contributed by atoms with Gasteiger partial charge in [-0.05, 0) is 25.8 Å². The third kappa shape index (κ3) is 5.56. The van der Waals surface area contributed by atoms with Gasteiger partial charge in [-0.25, -0.2) is 4.79 Å². The van der Waals surface area contributed by atoms with E-state index in [1.807, 2.05) is 32.0 Å². The summed E-state index contributed by atoms with van der Waals surface area (Å²) in [6.07, 6.45) is 0.292. The lowest BCUT2D eigenvalue weighted by Crippen LogP contribution is -2.39. The molecular weight excluding hydrogens is 322 g/mol. The van der Waals surface area contributed by atoms with Gasteiger partial charge in [0.25, 0.3) is 0 Å². The highest BCUT2D eigenvalue weighted by atomic mass is 16.3. The van der Waals surface area contributed by atoms with E-state index in [9.17, 15) is 19.5 Å². The maximum absolute atomic E-state index is 11.8. The van der Waals surface area contributed by atoms with Gasteiger partial charge in [-0.1, -0.05) is 29.3 Å². The highest BCUT2D eigenvalue weighted by Crippen LogP contribution is 2.16. The first kappa shape index (κ1) is 18.9. The Kier molecular flexibility index (Phi) is 6.52. The Bertz CT molecular complexity index is 623. The Morgan fingerprint density at radius 3 is 2.32 bits per heavy atom. The molecule has 0 saturated carbocycles. The first-order valence-corrected chi connectivity index (χ1v) is 8.48. The molecule has 7 nitrogen and oxygen atoms in total. The monoisotopic (exact) mass is 347 g/mol. The molecule has 1 heterocycles. The van der Waals surface area contributed by atoms with Crippen molar-refractivity contribution in [3.63, 3.8) is 0 Å². The molecule has 1 aromatic carbocycles. The molecule has 1 atom stereocenters. The van der Waals surface area contributed by atoms with E-state index in [0.717, 1.165) is 16.7 Å². The molecule has 1 aliphatic rings. The van der Waals surface area contributed by atoms with Crippen LogP contribution in [0.15, 0.2) is 18.2 Å². The standard InChI is InChI=1S/C18H25N3O4/c1-12-8-13(2)10-14(9-12)15(22)11-20-18(25)19-6-3-7-21-16(23)4-5-17(21)24/h8-10,15,22H,3-7,11H2,1-2H3,(H2,19,20,25)/t15-/m1/s1. The van der Waals surface area contributed by atoms with Crippen LogP contribution in [-0.4, -0.2) is 47.5 Å². The first-order chi connectivity index (χ1) is 11.9. The smallest absolute Gasteiger partial charge is 0.314 e. The topological polar surface area (TPSA) is 98.7 Å². The van der Waals surface area contributed by atoms with Crippen molar-refractivity contribution in [3.05, 3.63) is 34.9 Å². The number of nitrogens with one attached hydrogen (secondary N) is 2. The lowest BCUT2D eigenvalue weighted by molar-refractivity contribution is -0.138. The largest absolute Gasteiger partial charge is 0.387 e. The summed E-state index contributed by atoms with van der Waals surface area (Å²) in [6.45, 7) is 4.70. The molecule has 0 bridgehead atoms. The lowest BCUT2D eigenvalue weighted by atomic mass is 10.0. The molecule has 4 amide bonds. The van der Waals surface area contributed by atoms with Crippen molar-refractivity contribution in [1.82, 2.24) is 15.5 Å². The molecule has 1 aliphatic heterocycles. The van der Waals surface area contributed by atoms with Crippen LogP contribution in [-0.2, 0) is 9.59 Å². The second-order valence-electron chi connectivity index (χ2n) is 6.37. The highest BCUT2D eigenvalue weighted by Gasteiger charge is 2.27. The summed E-state index contributed by atoms with van der Waals surface area (Å²) in [7, 11) is 0. The van der Waals surface area contributed by atoms with Crippen LogP contribution in [0.5, 0.6) is 0 Å². The van der Waals surface area contributed by atoms with Crippen LogP contribution < -0.4 is 10.6 Å². The molecule has 1 fully saturated rings. The molecule has 0 spiro atoms. The van der Waals surface area contributed by atoms with Crippen LogP contribution in [0.2, 0.25) is 0 Å². The van der Waals surface area contributed by atoms with Gasteiger partial charge in [-0.2, -0.15) is 0 Å². The average Bonchev–Trinajstić information content (AvgIpc) is 2.87. The number of urea groups is 1. The highest BCUT2D eigenvalue weighted by molar-refractivity contribution is 6.01. The quantitative estimate of drug-likeness (QED) is 0.509. The molecule has 3 N–H and O–H groups in total. The summed E-state index contributed by atoms with van der Waals surface area (Å²) >= 11 is 0. The maximum Gasteiger partial charge on any atom is 0.314 e. The zero-order chi connectivity index (χ0) is 18.4. The van der Waals surface area contributed by atoms with Crippen molar-refractivity contribution in [2.75, 3.05) is 19.6 Å². The number of carbonyl (C=O) groups excluding carboxylic acids is 3. The predicted molar refractivity (Wildman–Crippen MR) is 92.8 cm³/mol. The van der Waals surface area contributed by atoms with E-state index in [1.165, 1.54) is 4.90 Å². The van der Waals surface area contributed by atoms with Crippen LogP contribution in [0, 0.1) is 13.8 Å². The average molecular weight is 347 g/mol. The Labute approximate surface area is 147 Å². The van der Waals surface area contributed by atoms with Gasteiger partial charge in [-0.15, -0.1) is 0 Å². The zero-order valence-corrected chi connectivity index (χ0v) is 14.7. The number of hydrogen-bond acceptors (Lipinski definition) is 4. The Morgan fingerprint density at radius 2 is 1.72 bits per heavy atom. The van der Waals surface area contributed by atoms with Crippen LogP contribution in [0.1, 0.15) is 42.1 Å². The molecule has 1 saturated heterocycles. The maximum atomic E-state index is 11.8. The number of hydrogen-bond donors (Lipinski definition) is 3. The van der Waals surface area contributed by atoms with E-state index in [-0.39, 0.29) is 37.2 Å². The number of benzene rings is 1. The SMILES string of the molecule is Cc1cc(C)cc([C@H](O)CNC(=O)NCCCN2C(=O)CCC2=O)c1. The van der Waals surface area contributed by atoms with Gasteiger partial charge in [0.1, 0.15) is 0 Å². The van der Waals surface area contributed by atoms with Gasteiger partial charge in [0, 0.05) is 32.5 Å². The van der Waals surface area contributed by atoms with E-state index < -0.39 is 6.10 Å². The van der Waals surface area contributed by atoms with Gasteiger partial charge < -0.3 is 15.7 Å². The summed E-state index contributed by atoms with van der Waals surface area (Å²) in [4.78, 5) is 35.9. The van der Waals surface area contributed by atoms with Crippen LogP contribution in [0.3, 0.4) is 0 Å².